The fourth-order valence-electron chi connectivity index (χ4n) is 3.19. The van der Waals surface area contributed by atoms with Gasteiger partial charge in [-0.2, -0.15) is 0 Å². The lowest BCUT2D eigenvalue weighted by atomic mass is 9.68. The van der Waals surface area contributed by atoms with Crippen LogP contribution >= 0.6 is 0 Å². The zero-order valence-corrected chi connectivity index (χ0v) is 9.63. The van der Waals surface area contributed by atoms with Gasteiger partial charge in [-0.15, -0.1) is 0 Å². The molecule has 14 heavy (non-hydrogen) atoms. The van der Waals surface area contributed by atoms with Crippen molar-refractivity contribution in [3.63, 3.8) is 0 Å². The number of nitrogens with two attached hydrogens (primary N) is 1. The molecule has 2 aliphatic rings. The first-order valence-electron chi connectivity index (χ1n) is 6.18. The highest BCUT2D eigenvalue weighted by Crippen LogP contribution is 2.46. The van der Waals surface area contributed by atoms with Crippen molar-refractivity contribution in [2.75, 3.05) is 13.1 Å². The molecule has 0 saturated heterocycles. The van der Waals surface area contributed by atoms with E-state index in [4.69, 9.17) is 5.73 Å². The molecule has 0 amide bonds. The van der Waals surface area contributed by atoms with E-state index in [1.54, 1.807) is 0 Å². The first kappa shape index (κ1) is 10.4. The largest absolute Gasteiger partial charge is 0.329 e. The third-order valence-electron chi connectivity index (χ3n) is 3.90. The molecule has 0 atom stereocenters. The minimum absolute atomic E-state index is 0.399. The predicted octanol–water partition coefficient (Wildman–Crippen LogP) is 1.99. The molecular weight excluding hydrogens is 172 g/mol. The number of nitrogens with zero attached hydrogens (tertiary/aromatic N) is 1. The van der Waals surface area contributed by atoms with Gasteiger partial charge in [0.1, 0.15) is 0 Å². The minimum Gasteiger partial charge on any atom is -0.329 e. The molecular formula is C12H24N2. The normalized spacial score (nSPS) is 37.3. The molecule has 2 N–H and O–H groups in total. The van der Waals surface area contributed by atoms with Crippen molar-refractivity contribution in [3.05, 3.63) is 0 Å². The van der Waals surface area contributed by atoms with Gasteiger partial charge in [0.25, 0.3) is 0 Å². The summed E-state index contributed by atoms with van der Waals surface area (Å²) in [5.41, 5.74) is 6.39. The first-order valence-corrected chi connectivity index (χ1v) is 6.18. The van der Waals surface area contributed by atoms with Crippen LogP contribution in [-0.4, -0.2) is 29.6 Å². The van der Waals surface area contributed by atoms with E-state index >= 15 is 0 Å². The molecule has 0 spiro atoms. The topological polar surface area (TPSA) is 29.3 Å². The van der Waals surface area contributed by atoms with Crippen molar-refractivity contribution in [2.24, 2.45) is 11.7 Å². The summed E-state index contributed by atoms with van der Waals surface area (Å²) in [5, 5.41) is 0. The fraction of sp³-hybridized carbons (Fsp3) is 1.00. The third kappa shape index (κ3) is 1.70. The molecule has 0 aliphatic heterocycles. The smallest absolute Gasteiger partial charge is 0.0339 e. The second kappa shape index (κ2) is 3.82. The maximum atomic E-state index is 5.99. The van der Waals surface area contributed by atoms with Crippen LogP contribution in [-0.2, 0) is 0 Å². The lowest BCUT2D eigenvalue weighted by molar-refractivity contribution is -0.0189. The lowest BCUT2D eigenvalue weighted by Gasteiger charge is -2.53. The van der Waals surface area contributed by atoms with Gasteiger partial charge < -0.3 is 5.73 Å². The van der Waals surface area contributed by atoms with Crippen molar-refractivity contribution in [1.82, 2.24) is 4.90 Å². The molecule has 0 aromatic rings. The van der Waals surface area contributed by atoms with Gasteiger partial charge in [-0.1, -0.05) is 13.8 Å². The van der Waals surface area contributed by atoms with Crippen LogP contribution in [0, 0.1) is 5.92 Å². The Hall–Kier alpha value is -0.0800. The van der Waals surface area contributed by atoms with Crippen LogP contribution in [0.3, 0.4) is 0 Å². The Balaban J connectivity index is 2.00. The molecule has 2 fully saturated rings. The lowest BCUT2D eigenvalue weighted by Crippen LogP contribution is -2.62. The standard InChI is InChI=1S/C12H24N2/c1-3-6-14(11-4-5-11)12(9-13)7-10(2)8-12/h10-11H,3-9,13H2,1-2H3. The molecule has 2 saturated carbocycles. The zero-order chi connectivity index (χ0) is 10.2. The van der Waals surface area contributed by atoms with Crippen LogP contribution in [0.2, 0.25) is 0 Å². The number of hydrogen-bond donors (Lipinski definition) is 1. The van der Waals surface area contributed by atoms with E-state index in [0.717, 1.165) is 18.5 Å². The predicted molar refractivity (Wildman–Crippen MR) is 60.2 cm³/mol. The number of hydrogen-bond acceptors (Lipinski definition) is 2. The Bertz CT molecular complexity index is 192. The van der Waals surface area contributed by atoms with Gasteiger partial charge in [-0.25, -0.2) is 0 Å². The van der Waals surface area contributed by atoms with Crippen LogP contribution in [0.4, 0.5) is 0 Å². The number of rotatable bonds is 5. The van der Waals surface area contributed by atoms with Gasteiger partial charge in [0.05, 0.1) is 0 Å². The van der Waals surface area contributed by atoms with E-state index in [-0.39, 0.29) is 0 Å². The van der Waals surface area contributed by atoms with E-state index in [0.29, 0.717) is 5.54 Å². The molecule has 2 heteroatoms. The molecule has 0 aromatic carbocycles. The summed E-state index contributed by atoms with van der Waals surface area (Å²) in [6.07, 6.45) is 6.76. The average Bonchev–Trinajstić information content (AvgIpc) is 2.92. The summed E-state index contributed by atoms with van der Waals surface area (Å²) >= 11 is 0. The van der Waals surface area contributed by atoms with Gasteiger partial charge in [0.2, 0.25) is 0 Å². The maximum absolute atomic E-state index is 5.99. The van der Waals surface area contributed by atoms with Crippen molar-refractivity contribution >= 4 is 0 Å². The SMILES string of the molecule is CCCN(C1CC1)C1(CN)CC(C)C1. The second-order valence-corrected chi connectivity index (χ2v) is 5.37. The highest BCUT2D eigenvalue weighted by atomic mass is 15.3. The van der Waals surface area contributed by atoms with Crippen LogP contribution in [0.25, 0.3) is 0 Å². The van der Waals surface area contributed by atoms with Crippen LogP contribution in [0.1, 0.15) is 46.0 Å². The molecule has 2 aliphatic carbocycles. The van der Waals surface area contributed by atoms with E-state index in [1.807, 2.05) is 0 Å². The summed E-state index contributed by atoms with van der Waals surface area (Å²) in [7, 11) is 0. The quantitative estimate of drug-likeness (QED) is 0.728. The molecule has 0 aromatic heterocycles. The fourth-order valence-corrected chi connectivity index (χ4v) is 3.19. The van der Waals surface area contributed by atoms with Gasteiger partial charge in [0, 0.05) is 18.1 Å². The van der Waals surface area contributed by atoms with Gasteiger partial charge in [-0.05, 0) is 44.6 Å². The van der Waals surface area contributed by atoms with Gasteiger partial charge in [-0.3, -0.25) is 4.90 Å². The minimum atomic E-state index is 0.399. The van der Waals surface area contributed by atoms with E-state index in [2.05, 4.69) is 18.7 Å². The first-order chi connectivity index (χ1) is 6.72. The zero-order valence-electron chi connectivity index (χ0n) is 9.63. The summed E-state index contributed by atoms with van der Waals surface area (Å²) in [5.74, 6) is 0.900. The molecule has 0 radical (unpaired) electrons. The van der Waals surface area contributed by atoms with Crippen LogP contribution in [0.5, 0.6) is 0 Å². The third-order valence-corrected chi connectivity index (χ3v) is 3.90. The summed E-state index contributed by atoms with van der Waals surface area (Å²) in [4.78, 5) is 2.73. The Morgan fingerprint density at radius 2 is 2.00 bits per heavy atom. The Morgan fingerprint density at radius 1 is 1.36 bits per heavy atom. The van der Waals surface area contributed by atoms with Crippen molar-refractivity contribution in [1.29, 1.82) is 0 Å². The van der Waals surface area contributed by atoms with Gasteiger partial charge >= 0.3 is 0 Å². The monoisotopic (exact) mass is 196 g/mol. The van der Waals surface area contributed by atoms with Crippen molar-refractivity contribution in [3.8, 4) is 0 Å². The average molecular weight is 196 g/mol. The molecule has 2 rings (SSSR count). The second-order valence-electron chi connectivity index (χ2n) is 5.37. The van der Waals surface area contributed by atoms with Crippen LogP contribution in [0.15, 0.2) is 0 Å². The Labute approximate surface area is 87.8 Å². The molecule has 82 valence electrons. The van der Waals surface area contributed by atoms with Gasteiger partial charge in [0.15, 0.2) is 0 Å². The maximum Gasteiger partial charge on any atom is 0.0339 e. The van der Waals surface area contributed by atoms with Crippen molar-refractivity contribution in [2.45, 2.75) is 57.5 Å². The summed E-state index contributed by atoms with van der Waals surface area (Å²) in [6.45, 7) is 6.76. The summed E-state index contributed by atoms with van der Waals surface area (Å²) in [6, 6.07) is 0.881. The molecule has 0 unspecified atom stereocenters. The van der Waals surface area contributed by atoms with Crippen LogP contribution < -0.4 is 5.73 Å². The molecule has 0 bridgehead atoms. The Morgan fingerprint density at radius 3 is 2.36 bits per heavy atom. The highest BCUT2D eigenvalue weighted by Gasteiger charge is 2.49. The van der Waals surface area contributed by atoms with Crippen molar-refractivity contribution < 1.29 is 0 Å². The van der Waals surface area contributed by atoms with E-state index in [9.17, 15) is 0 Å². The molecule has 2 nitrogen and oxygen atoms in total. The Kier molecular flexibility index (Phi) is 2.85. The summed E-state index contributed by atoms with van der Waals surface area (Å²) < 4.78 is 0. The highest BCUT2D eigenvalue weighted by molar-refractivity contribution is 5.06. The van der Waals surface area contributed by atoms with E-state index < -0.39 is 0 Å². The van der Waals surface area contributed by atoms with E-state index in [1.165, 1.54) is 38.6 Å². The molecule has 0 heterocycles.